The Kier molecular flexibility index (Phi) is 4.44. The first-order valence-corrected chi connectivity index (χ1v) is 7.51. The fraction of sp³-hybridized carbons (Fsp3) is 0.529. The largest absolute Gasteiger partial charge is 0.479 e. The normalized spacial score (nSPS) is 17.8. The van der Waals surface area contributed by atoms with Gasteiger partial charge in [-0.3, -0.25) is 9.59 Å². The van der Waals surface area contributed by atoms with Crippen LogP contribution in [0, 0.1) is 5.41 Å². The zero-order valence-electron chi connectivity index (χ0n) is 13.9. The molecule has 1 aliphatic rings. The van der Waals surface area contributed by atoms with Gasteiger partial charge in [0.1, 0.15) is 5.75 Å². The van der Waals surface area contributed by atoms with Gasteiger partial charge in [0.15, 0.2) is 6.10 Å². The Labute approximate surface area is 131 Å². The molecule has 1 atom stereocenters. The quantitative estimate of drug-likeness (QED) is 0.933. The fourth-order valence-electron chi connectivity index (χ4n) is 2.41. The van der Waals surface area contributed by atoms with E-state index in [1.807, 2.05) is 39.0 Å². The number of carbonyl (C=O) groups is 2. The summed E-state index contributed by atoms with van der Waals surface area (Å²) in [6.07, 6.45) is 0.0200. The minimum absolute atomic E-state index is 0.0273. The van der Waals surface area contributed by atoms with Crippen LogP contribution in [0.5, 0.6) is 5.75 Å². The monoisotopic (exact) mass is 304 g/mol. The Bertz CT molecular complexity index is 590. The molecule has 0 radical (unpaired) electrons. The number of hydrogen-bond acceptors (Lipinski definition) is 3. The maximum atomic E-state index is 12.0. The van der Waals surface area contributed by atoms with Gasteiger partial charge in [-0.25, -0.2) is 0 Å². The van der Waals surface area contributed by atoms with E-state index in [1.165, 1.54) is 0 Å². The van der Waals surface area contributed by atoms with Gasteiger partial charge in [-0.05, 0) is 30.0 Å². The van der Waals surface area contributed by atoms with E-state index in [9.17, 15) is 9.59 Å². The predicted molar refractivity (Wildman–Crippen MR) is 85.9 cm³/mol. The number of rotatable bonds is 3. The number of likely N-dealkylation sites (N-methyl/N-ethyl adjacent to an activating group) is 1. The number of fused-ring (bicyclic) bond motifs is 1. The van der Waals surface area contributed by atoms with Crippen LogP contribution in [0.1, 0.15) is 39.7 Å². The molecule has 0 saturated heterocycles. The van der Waals surface area contributed by atoms with E-state index in [1.54, 1.807) is 18.9 Å². The van der Waals surface area contributed by atoms with Crippen molar-refractivity contribution in [3.05, 3.63) is 23.8 Å². The number of nitrogens with zero attached hydrogens (tertiary/aromatic N) is 1. The highest BCUT2D eigenvalue weighted by Crippen LogP contribution is 2.33. The molecule has 1 aromatic carbocycles. The standard InChI is InChI=1S/C17H24N2O3/c1-11-16(21)19(5)13-8-12(6-7-14(13)22-11)10-18-15(20)9-17(2,3)4/h6-8,11H,9-10H2,1-5H3,(H,18,20). The highest BCUT2D eigenvalue weighted by atomic mass is 16.5. The third-order valence-electron chi connectivity index (χ3n) is 3.55. The van der Waals surface area contributed by atoms with E-state index in [0.717, 1.165) is 11.3 Å². The van der Waals surface area contributed by atoms with Crippen molar-refractivity contribution >= 4 is 17.5 Å². The van der Waals surface area contributed by atoms with Crippen LogP contribution in [-0.2, 0) is 16.1 Å². The molecule has 1 unspecified atom stereocenters. The van der Waals surface area contributed by atoms with E-state index in [0.29, 0.717) is 18.7 Å². The SMILES string of the molecule is CC1Oc2ccc(CNC(=O)CC(C)(C)C)cc2N(C)C1=O. The molecule has 0 bridgehead atoms. The number of amides is 2. The average molecular weight is 304 g/mol. The molecule has 120 valence electrons. The van der Waals surface area contributed by atoms with Gasteiger partial charge in [0.25, 0.3) is 5.91 Å². The second-order valence-corrected chi connectivity index (χ2v) is 6.97. The van der Waals surface area contributed by atoms with E-state index < -0.39 is 6.10 Å². The first kappa shape index (κ1) is 16.3. The molecule has 22 heavy (non-hydrogen) atoms. The lowest BCUT2D eigenvalue weighted by molar-refractivity contribution is -0.125. The second-order valence-electron chi connectivity index (χ2n) is 6.97. The molecule has 0 spiro atoms. The van der Waals surface area contributed by atoms with Crippen LogP contribution < -0.4 is 15.0 Å². The molecular formula is C17H24N2O3. The Morgan fingerprint density at radius 2 is 2.05 bits per heavy atom. The van der Waals surface area contributed by atoms with Crippen molar-refractivity contribution < 1.29 is 14.3 Å². The number of nitrogens with one attached hydrogen (secondary N) is 1. The van der Waals surface area contributed by atoms with E-state index >= 15 is 0 Å². The topological polar surface area (TPSA) is 58.6 Å². The molecule has 1 N–H and O–H groups in total. The molecule has 5 nitrogen and oxygen atoms in total. The lowest BCUT2D eigenvalue weighted by atomic mass is 9.92. The minimum Gasteiger partial charge on any atom is -0.479 e. The molecule has 2 rings (SSSR count). The molecule has 0 aliphatic carbocycles. The van der Waals surface area contributed by atoms with Crippen molar-refractivity contribution in [1.29, 1.82) is 0 Å². The number of anilines is 1. The summed E-state index contributed by atoms with van der Waals surface area (Å²) in [5, 5.41) is 2.91. The summed E-state index contributed by atoms with van der Waals surface area (Å²) in [6, 6.07) is 5.64. The lowest BCUT2D eigenvalue weighted by Gasteiger charge is -2.30. The second kappa shape index (κ2) is 5.99. The maximum absolute atomic E-state index is 12.0. The van der Waals surface area contributed by atoms with Crippen molar-refractivity contribution in [1.82, 2.24) is 5.32 Å². The lowest BCUT2D eigenvalue weighted by Crippen LogP contribution is -2.42. The van der Waals surface area contributed by atoms with Crippen LogP contribution in [-0.4, -0.2) is 25.0 Å². The van der Waals surface area contributed by atoms with Crippen LogP contribution >= 0.6 is 0 Å². The highest BCUT2D eigenvalue weighted by Gasteiger charge is 2.28. The number of hydrogen-bond donors (Lipinski definition) is 1. The zero-order valence-corrected chi connectivity index (χ0v) is 13.9. The summed E-state index contributed by atoms with van der Waals surface area (Å²) >= 11 is 0. The third kappa shape index (κ3) is 3.78. The summed E-state index contributed by atoms with van der Waals surface area (Å²) in [5.74, 6) is 0.653. The van der Waals surface area contributed by atoms with E-state index in [-0.39, 0.29) is 17.2 Å². The van der Waals surface area contributed by atoms with Crippen molar-refractivity contribution in [2.75, 3.05) is 11.9 Å². The van der Waals surface area contributed by atoms with Crippen LogP contribution in [0.25, 0.3) is 0 Å². The van der Waals surface area contributed by atoms with Crippen LogP contribution in [0.4, 0.5) is 5.69 Å². The Morgan fingerprint density at radius 3 is 2.68 bits per heavy atom. The van der Waals surface area contributed by atoms with Gasteiger partial charge in [0.05, 0.1) is 5.69 Å². The van der Waals surface area contributed by atoms with E-state index in [4.69, 9.17) is 4.74 Å². The summed E-state index contributed by atoms with van der Waals surface area (Å²) in [5.41, 5.74) is 1.65. The van der Waals surface area contributed by atoms with Crippen molar-refractivity contribution in [3.63, 3.8) is 0 Å². The predicted octanol–water partition coefficient (Wildman–Crippen LogP) is 2.48. The molecule has 1 aromatic rings. The third-order valence-corrected chi connectivity index (χ3v) is 3.55. The molecule has 5 heteroatoms. The molecule has 1 heterocycles. The summed E-state index contributed by atoms with van der Waals surface area (Å²) in [6.45, 7) is 8.28. The minimum atomic E-state index is -0.463. The Hall–Kier alpha value is -2.04. The summed E-state index contributed by atoms with van der Waals surface area (Å²) in [7, 11) is 1.74. The molecule has 0 saturated carbocycles. The smallest absolute Gasteiger partial charge is 0.267 e. The van der Waals surface area contributed by atoms with Crippen molar-refractivity contribution in [2.24, 2.45) is 5.41 Å². The van der Waals surface area contributed by atoms with Crippen LogP contribution in [0.2, 0.25) is 0 Å². The van der Waals surface area contributed by atoms with E-state index in [2.05, 4.69) is 5.32 Å². The Morgan fingerprint density at radius 1 is 1.36 bits per heavy atom. The first-order valence-electron chi connectivity index (χ1n) is 7.51. The molecular weight excluding hydrogens is 280 g/mol. The van der Waals surface area contributed by atoms with Gasteiger partial charge in [0.2, 0.25) is 5.91 Å². The summed E-state index contributed by atoms with van der Waals surface area (Å²) in [4.78, 5) is 25.4. The molecule has 1 aliphatic heterocycles. The molecule has 2 amide bonds. The summed E-state index contributed by atoms with van der Waals surface area (Å²) < 4.78 is 5.58. The van der Waals surface area contributed by atoms with Crippen molar-refractivity contribution in [2.45, 2.75) is 46.8 Å². The Balaban J connectivity index is 2.06. The first-order chi connectivity index (χ1) is 10.2. The van der Waals surface area contributed by atoms with Gasteiger partial charge >= 0.3 is 0 Å². The van der Waals surface area contributed by atoms with Gasteiger partial charge in [-0.1, -0.05) is 26.8 Å². The molecule has 0 fully saturated rings. The maximum Gasteiger partial charge on any atom is 0.267 e. The number of ether oxygens (including phenoxy) is 1. The van der Waals surface area contributed by atoms with Crippen LogP contribution in [0.3, 0.4) is 0 Å². The highest BCUT2D eigenvalue weighted by molar-refractivity contribution is 5.99. The van der Waals surface area contributed by atoms with Gasteiger partial charge < -0.3 is 15.0 Å². The average Bonchev–Trinajstić information content (AvgIpc) is 2.41. The van der Waals surface area contributed by atoms with Gasteiger partial charge in [0, 0.05) is 20.0 Å². The zero-order chi connectivity index (χ0) is 16.5. The van der Waals surface area contributed by atoms with Gasteiger partial charge in [-0.2, -0.15) is 0 Å². The van der Waals surface area contributed by atoms with Gasteiger partial charge in [-0.15, -0.1) is 0 Å². The fourth-order valence-corrected chi connectivity index (χ4v) is 2.41. The number of benzene rings is 1. The van der Waals surface area contributed by atoms with Crippen LogP contribution in [0.15, 0.2) is 18.2 Å². The number of carbonyl (C=O) groups excluding carboxylic acids is 2. The van der Waals surface area contributed by atoms with Crippen molar-refractivity contribution in [3.8, 4) is 5.75 Å². The molecule has 0 aromatic heterocycles.